The minimum Gasteiger partial charge on any atom is -0.290 e. The maximum atomic E-state index is 2.79. The Bertz CT molecular complexity index is 349. The van der Waals surface area contributed by atoms with Gasteiger partial charge >= 0.3 is 0 Å². The van der Waals surface area contributed by atoms with Gasteiger partial charge in [-0.15, -0.1) is 0 Å². The number of hydrogen-bond acceptors (Lipinski definition) is 1. The van der Waals surface area contributed by atoms with Crippen molar-refractivity contribution in [3.63, 3.8) is 0 Å². The van der Waals surface area contributed by atoms with Crippen LogP contribution in [-0.2, 0) is 6.54 Å². The van der Waals surface area contributed by atoms with E-state index in [2.05, 4.69) is 42.2 Å². The highest BCUT2D eigenvalue weighted by atomic mass is 15.3. The molecule has 2 bridgehead atoms. The van der Waals surface area contributed by atoms with Gasteiger partial charge in [-0.05, 0) is 37.7 Å². The molecule has 2 heterocycles. The largest absolute Gasteiger partial charge is 0.290 e. The van der Waals surface area contributed by atoms with Gasteiger partial charge in [-0.3, -0.25) is 4.90 Å². The number of rotatable bonds is 3. The first-order valence-electron chi connectivity index (χ1n) is 6.65. The second-order valence-corrected chi connectivity index (χ2v) is 5.42. The van der Waals surface area contributed by atoms with Crippen molar-refractivity contribution in [2.75, 3.05) is 0 Å². The topological polar surface area (TPSA) is 3.24 Å². The molecule has 1 nitrogen and oxygen atoms in total. The molecule has 0 spiro atoms. The molecule has 0 unspecified atom stereocenters. The van der Waals surface area contributed by atoms with Gasteiger partial charge in [0.05, 0.1) is 0 Å². The molecule has 2 aliphatic heterocycles. The van der Waals surface area contributed by atoms with Crippen LogP contribution in [0.3, 0.4) is 0 Å². The highest BCUT2D eigenvalue weighted by Crippen LogP contribution is 2.48. The van der Waals surface area contributed by atoms with E-state index in [9.17, 15) is 0 Å². The quantitative estimate of drug-likeness (QED) is 0.744. The average Bonchev–Trinajstić information content (AvgIpc) is 2.86. The van der Waals surface area contributed by atoms with Gasteiger partial charge in [0.25, 0.3) is 0 Å². The lowest BCUT2D eigenvalue weighted by molar-refractivity contribution is 0.140. The van der Waals surface area contributed by atoms with Gasteiger partial charge in [-0.2, -0.15) is 0 Å². The Hall–Kier alpha value is -0.820. The van der Waals surface area contributed by atoms with Crippen LogP contribution in [0.5, 0.6) is 0 Å². The highest BCUT2D eigenvalue weighted by molar-refractivity contribution is 5.17. The van der Waals surface area contributed by atoms with E-state index in [0.29, 0.717) is 5.54 Å². The number of hydrogen-bond donors (Lipinski definition) is 0. The lowest BCUT2D eigenvalue weighted by Gasteiger charge is -2.34. The Morgan fingerprint density at radius 2 is 1.88 bits per heavy atom. The van der Waals surface area contributed by atoms with Crippen LogP contribution < -0.4 is 0 Å². The number of fused-ring (bicyclic) bond motifs is 2. The summed E-state index contributed by atoms with van der Waals surface area (Å²) in [6, 6.07) is 11.8. The van der Waals surface area contributed by atoms with E-state index in [-0.39, 0.29) is 0 Å². The van der Waals surface area contributed by atoms with Crippen molar-refractivity contribution in [2.45, 2.75) is 57.2 Å². The van der Waals surface area contributed by atoms with E-state index in [1.807, 2.05) is 0 Å². The molecular weight excluding hydrogens is 194 g/mol. The molecule has 1 aromatic rings. The van der Waals surface area contributed by atoms with Crippen LogP contribution in [0.1, 0.15) is 44.6 Å². The SMILES string of the molecule is CCC12CCC(CC1)N2Cc1ccccc1. The Morgan fingerprint density at radius 1 is 1.19 bits per heavy atom. The standard InChI is InChI=1S/C15H21N/c1-2-15-10-8-14(9-11-15)16(15)12-13-6-4-3-5-7-13/h3-7,14H,2,8-12H2,1H3. The van der Waals surface area contributed by atoms with Crippen LogP contribution >= 0.6 is 0 Å². The van der Waals surface area contributed by atoms with Gasteiger partial charge in [0.15, 0.2) is 0 Å². The Labute approximate surface area is 98.5 Å². The number of benzene rings is 1. The summed E-state index contributed by atoms with van der Waals surface area (Å²) in [7, 11) is 0. The molecule has 1 heteroatoms. The molecule has 2 saturated heterocycles. The van der Waals surface area contributed by atoms with E-state index in [4.69, 9.17) is 0 Å². The van der Waals surface area contributed by atoms with Gasteiger partial charge in [0.1, 0.15) is 0 Å². The van der Waals surface area contributed by atoms with E-state index in [0.717, 1.165) is 6.04 Å². The van der Waals surface area contributed by atoms with Crippen LogP contribution in [-0.4, -0.2) is 16.5 Å². The zero-order valence-corrected chi connectivity index (χ0v) is 10.2. The molecule has 3 rings (SSSR count). The molecule has 0 saturated carbocycles. The molecule has 0 radical (unpaired) electrons. The molecule has 0 aliphatic carbocycles. The molecule has 0 atom stereocenters. The van der Waals surface area contributed by atoms with Crippen molar-refractivity contribution in [1.29, 1.82) is 0 Å². The first-order chi connectivity index (χ1) is 7.84. The summed E-state index contributed by atoms with van der Waals surface area (Å²) in [6.45, 7) is 3.53. The third-order valence-electron chi connectivity index (χ3n) is 4.79. The molecule has 0 amide bonds. The zero-order chi connectivity index (χ0) is 11.0. The van der Waals surface area contributed by atoms with Crippen LogP contribution in [0.4, 0.5) is 0 Å². The minimum absolute atomic E-state index is 0.556. The molecule has 86 valence electrons. The molecule has 2 aliphatic rings. The lowest BCUT2D eigenvalue weighted by atomic mass is 9.85. The fourth-order valence-corrected chi connectivity index (χ4v) is 3.76. The van der Waals surface area contributed by atoms with Gasteiger partial charge in [-0.25, -0.2) is 0 Å². The first-order valence-corrected chi connectivity index (χ1v) is 6.65. The molecule has 16 heavy (non-hydrogen) atoms. The van der Waals surface area contributed by atoms with Crippen molar-refractivity contribution in [3.05, 3.63) is 35.9 Å². The van der Waals surface area contributed by atoms with Crippen molar-refractivity contribution < 1.29 is 0 Å². The Balaban J connectivity index is 1.81. The first kappa shape index (κ1) is 10.3. The second kappa shape index (κ2) is 3.89. The summed E-state index contributed by atoms with van der Waals surface area (Å²) >= 11 is 0. The molecule has 0 N–H and O–H groups in total. The minimum atomic E-state index is 0.556. The van der Waals surface area contributed by atoms with Gasteiger partial charge in [0.2, 0.25) is 0 Å². The van der Waals surface area contributed by atoms with Crippen LogP contribution in [0.25, 0.3) is 0 Å². The third-order valence-corrected chi connectivity index (χ3v) is 4.79. The maximum absolute atomic E-state index is 2.79. The van der Waals surface area contributed by atoms with E-state index in [1.54, 1.807) is 0 Å². The second-order valence-electron chi connectivity index (χ2n) is 5.42. The molecule has 0 aromatic heterocycles. The van der Waals surface area contributed by atoms with E-state index in [1.165, 1.54) is 44.2 Å². The molecule has 1 aromatic carbocycles. The lowest BCUT2D eigenvalue weighted by Crippen LogP contribution is -2.39. The summed E-state index contributed by atoms with van der Waals surface area (Å²) in [5, 5.41) is 0. The monoisotopic (exact) mass is 215 g/mol. The van der Waals surface area contributed by atoms with E-state index >= 15 is 0 Å². The molecule has 2 fully saturated rings. The zero-order valence-electron chi connectivity index (χ0n) is 10.2. The summed E-state index contributed by atoms with van der Waals surface area (Å²) in [6.07, 6.45) is 7.06. The van der Waals surface area contributed by atoms with Gasteiger partial charge in [-0.1, -0.05) is 37.3 Å². The predicted molar refractivity (Wildman–Crippen MR) is 67.3 cm³/mol. The van der Waals surface area contributed by atoms with Crippen LogP contribution in [0.2, 0.25) is 0 Å². The maximum Gasteiger partial charge on any atom is 0.0242 e. The van der Waals surface area contributed by atoms with Crippen molar-refractivity contribution in [3.8, 4) is 0 Å². The van der Waals surface area contributed by atoms with Crippen molar-refractivity contribution >= 4 is 0 Å². The van der Waals surface area contributed by atoms with Crippen molar-refractivity contribution in [2.24, 2.45) is 0 Å². The fraction of sp³-hybridized carbons (Fsp3) is 0.600. The summed E-state index contributed by atoms with van der Waals surface area (Å²) in [5.41, 5.74) is 2.04. The van der Waals surface area contributed by atoms with Crippen molar-refractivity contribution in [1.82, 2.24) is 4.90 Å². The average molecular weight is 215 g/mol. The fourth-order valence-electron chi connectivity index (χ4n) is 3.76. The van der Waals surface area contributed by atoms with Crippen LogP contribution in [0.15, 0.2) is 30.3 Å². The van der Waals surface area contributed by atoms with Crippen LogP contribution in [0, 0.1) is 0 Å². The Morgan fingerprint density at radius 3 is 2.50 bits per heavy atom. The number of nitrogens with zero attached hydrogens (tertiary/aromatic N) is 1. The third kappa shape index (κ3) is 1.49. The smallest absolute Gasteiger partial charge is 0.0242 e. The van der Waals surface area contributed by atoms with E-state index < -0.39 is 0 Å². The highest BCUT2D eigenvalue weighted by Gasteiger charge is 2.49. The summed E-state index contributed by atoms with van der Waals surface area (Å²) in [4.78, 5) is 2.79. The van der Waals surface area contributed by atoms with Gasteiger partial charge < -0.3 is 0 Å². The normalized spacial score (nSPS) is 33.4. The summed E-state index contributed by atoms with van der Waals surface area (Å²) in [5.74, 6) is 0. The Kier molecular flexibility index (Phi) is 2.51. The van der Waals surface area contributed by atoms with Gasteiger partial charge in [0, 0.05) is 18.1 Å². The molecular formula is C15H21N. The predicted octanol–water partition coefficient (Wildman–Crippen LogP) is 3.59. The summed E-state index contributed by atoms with van der Waals surface area (Å²) < 4.78 is 0.